The molecule has 0 fully saturated rings. The van der Waals surface area contributed by atoms with Gasteiger partial charge in [0.2, 0.25) is 0 Å². The molecule has 2 aromatic heterocycles. The number of imidazole rings is 1. The Balaban J connectivity index is 2.41. The molecule has 0 radical (unpaired) electrons. The van der Waals surface area contributed by atoms with Crippen molar-refractivity contribution in [1.29, 1.82) is 0 Å². The number of pyridine rings is 1. The summed E-state index contributed by atoms with van der Waals surface area (Å²) < 4.78 is 25.8. The zero-order valence-electron chi connectivity index (χ0n) is 10.3. The molecule has 0 saturated carbocycles. The summed E-state index contributed by atoms with van der Waals surface area (Å²) >= 11 is 9.18. The van der Waals surface area contributed by atoms with E-state index in [1.165, 1.54) is 0 Å². The third-order valence-electron chi connectivity index (χ3n) is 2.82. The average molecular weight is 367 g/mol. The lowest BCUT2D eigenvalue weighted by Crippen LogP contribution is -2.16. The smallest absolute Gasteiger partial charge is 0.160 e. The van der Waals surface area contributed by atoms with Gasteiger partial charge in [0, 0.05) is 23.0 Å². The Morgan fingerprint density at radius 2 is 2.21 bits per heavy atom. The number of hydrogen-bond donors (Lipinski definition) is 0. The second-order valence-corrected chi connectivity index (χ2v) is 7.70. The maximum Gasteiger partial charge on any atom is 0.160 e. The number of nitrogens with zero attached hydrogens (tertiary/aromatic N) is 3. The highest BCUT2D eigenvalue weighted by Crippen LogP contribution is 2.19. The topological polar surface area (TPSA) is 64.8 Å². The van der Waals surface area contributed by atoms with Crippen LogP contribution in [0.25, 0.3) is 11.2 Å². The SMILES string of the molecule is CCS(=O)(=O)CCn1c(CCl)nc2cc(Br)cnc21. The van der Waals surface area contributed by atoms with Gasteiger partial charge in [-0.3, -0.25) is 0 Å². The molecular formula is C11H13BrClN3O2S. The molecule has 0 aliphatic heterocycles. The van der Waals surface area contributed by atoms with Gasteiger partial charge < -0.3 is 4.57 Å². The number of fused-ring (bicyclic) bond motifs is 1. The van der Waals surface area contributed by atoms with Gasteiger partial charge in [-0.1, -0.05) is 6.92 Å². The number of alkyl halides is 1. The van der Waals surface area contributed by atoms with Crippen molar-refractivity contribution in [3.05, 3.63) is 22.6 Å². The number of aryl methyl sites for hydroxylation is 1. The first kappa shape index (κ1) is 14.7. The van der Waals surface area contributed by atoms with Crippen LogP contribution in [-0.4, -0.2) is 34.5 Å². The Hall–Kier alpha value is -0.660. The Morgan fingerprint density at radius 3 is 2.84 bits per heavy atom. The molecule has 0 amide bonds. The second kappa shape index (κ2) is 5.76. The molecule has 0 aliphatic carbocycles. The van der Waals surface area contributed by atoms with Crippen LogP contribution in [0.1, 0.15) is 12.7 Å². The van der Waals surface area contributed by atoms with Crippen molar-refractivity contribution < 1.29 is 8.42 Å². The van der Waals surface area contributed by atoms with E-state index in [9.17, 15) is 8.42 Å². The molecule has 0 saturated heterocycles. The van der Waals surface area contributed by atoms with Crippen LogP contribution in [-0.2, 0) is 22.3 Å². The van der Waals surface area contributed by atoms with Crippen molar-refractivity contribution in [2.24, 2.45) is 0 Å². The largest absolute Gasteiger partial charge is 0.311 e. The maximum absolute atomic E-state index is 11.6. The molecule has 104 valence electrons. The van der Waals surface area contributed by atoms with Crippen molar-refractivity contribution >= 4 is 48.5 Å². The highest BCUT2D eigenvalue weighted by molar-refractivity contribution is 9.10. The standard InChI is InChI=1S/C11H13BrClN3O2S/c1-2-19(17,18)4-3-16-10(6-13)15-9-5-8(12)7-14-11(9)16/h5,7H,2-4,6H2,1H3. The normalized spacial score (nSPS) is 12.2. The molecule has 0 spiro atoms. The van der Waals surface area contributed by atoms with Crippen LogP contribution >= 0.6 is 27.5 Å². The maximum atomic E-state index is 11.6. The van der Waals surface area contributed by atoms with Crippen LogP contribution in [0.2, 0.25) is 0 Å². The van der Waals surface area contributed by atoms with Gasteiger partial charge >= 0.3 is 0 Å². The van der Waals surface area contributed by atoms with Gasteiger partial charge in [-0.25, -0.2) is 18.4 Å². The van der Waals surface area contributed by atoms with Crippen LogP contribution in [0.4, 0.5) is 0 Å². The highest BCUT2D eigenvalue weighted by Gasteiger charge is 2.14. The summed E-state index contributed by atoms with van der Waals surface area (Å²) in [4.78, 5) is 8.64. The van der Waals surface area contributed by atoms with Crippen molar-refractivity contribution in [3.8, 4) is 0 Å². The molecule has 0 bridgehead atoms. The average Bonchev–Trinajstić information content (AvgIpc) is 2.73. The van der Waals surface area contributed by atoms with Crippen molar-refractivity contribution in [1.82, 2.24) is 14.5 Å². The molecule has 8 heteroatoms. The van der Waals surface area contributed by atoms with E-state index in [2.05, 4.69) is 25.9 Å². The number of aromatic nitrogens is 3. The van der Waals surface area contributed by atoms with Crippen LogP contribution in [0.5, 0.6) is 0 Å². The summed E-state index contributed by atoms with van der Waals surface area (Å²) in [5, 5.41) is 0. The summed E-state index contributed by atoms with van der Waals surface area (Å²) in [6, 6.07) is 1.84. The quantitative estimate of drug-likeness (QED) is 0.762. The molecule has 2 heterocycles. The van der Waals surface area contributed by atoms with Gasteiger partial charge in [-0.15, -0.1) is 11.6 Å². The van der Waals surface area contributed by atoms with Crippen molar-refractivity contribution in [3.63, 3.8) is 0 Å². The van der Waals surface area contributed by atoms with Gasteiger partial charge in [0.05, 0.1) is 11.6 Å². The lowest BCUT2D eigenvalue weighted by atomic mass is 10.4. The summed E-state index contributed by atoms with van der Waals surface area (Å²) in [6.07, 6.45) is 1.66. The Bertz CT molecular complexity index is 699. The molecule has 2 rings (SSSR count). The zero-order valence-corrected chi connectivity index (χ0v) is 13.5. The van der Waals surface area contributed by atoms with Crippen molar-refractivity contribution in [2.75, 3.05) is 11.5 Å². The van der Waals surface area contributed by atoms with Gasteiger partial charge in [0.1, 0.15) is 11.3 Å². The van der Waals surface area contributed by atoms with E-state index in [0.717, 1.165) is 4.47 Å². The molecule has 0 N–H and O–H groups in total. The lowest BCUT2D eigenvalue weighted by Gasteiger charge is -2.06. The van der Waals surface area contributed by atoms with E-state index in [0.29, 0.717) is 23.5 Å². The van der Waals surface area contributed by atoms with Gasteiger partial charge in [0.25, 0.3) is 0 Å². The second-order valence-electron chi connectivity index (χ2n) is 4.05. The minimum absolute atomic E-state index is 0.0661. The Labute approximate surface area is 125 Å². The predicted octanol–water partition coefficient (Wildman–Crippen LogP) is 2.37. The monoisotopic (exact) mass is 365 g/mol. The fourth-order valence-corrected chi connectivity index (χ4v) is 3.02. The molecular weight excluding hydrogens is 354 g/mol. The van der Waals surface area contributed by atoms with E-state index in [1.807, 2.05) is 6.07 Å². The minimum atomic E-state index is -3.03. The fraction of sp³-hybridized carbons (Fsp3) is 0.455. The molecule has 0 unspecified atom stereocenters. The van der Waals surface area contributed by atoms with Crippen LogP contribution in [0.3, 0.4) is 0 Å². The minimum Gasteiger partial charge on any atom is -0.311 e. The number of halogens is 2. The first-order valence-electron chi connectivity index (χ1n) is 5.74. The molecule has 0 aliphatic rings. The summed E-state index contributed by atoms with van der Waals surface area (Å²) in [5.74, 6) is 1.06. The van der Waals surface area contributed by atoms with Crippen molar-refractivity contribution in [2.45, 2.75) is 19.3 Å². The van der Waals surface area contributed by atoms with E-state index >= 15 is 0 Å². The number of sulfone groups is 1. The van der Waals surface area contributed by atoms with E-state index in [4.69, 9.17) is 11.6 Å². The Kier molecular flexibility index (Phi) is 4.47. The third kappa shape index (κ3) is 3.27. The van der Waals surface area contributed by atoms with Gasteiger partial charge in [0.15, 0.2) is 15.5 Å². The summed E-state index contributed by atoms with van der Waals surface area (Å²) in [5.41, 5.74) is 1.36. The van der Waals surface area contributed by atoms with E-state index < -0.39 is 9.84 Å². The first-order chi connectivity index (χ1) is 8.96. The predicted molar refractivity (Wildman–Crippen MR) is 79.1 cm³/mol. The molecule has 19 heavy (non-hydrogen) atoms. The Morgan fingerprint density at radius 1 is 1.47 bits per heavy atom. The summed E-state index contributed by atoms with van der Waals surface area (Å²) in [6.45, 7) is 1.96. The third-order valence-corrected chi connectivity index (χ3v) is 5.17. The molecule has 0 aromatic carbocycles. The fourth-order valence-electron chi connectivity index (χ4n) is 1.74. The first-order valence-corrected chi connectivity index (χ1v) is 8.88. The van der Waals surface area contributed by atoms with Crippen LogP contribution in [0.15, 0.2) is 16.7 Å². The van der Waals surface area contributed by atoms with Crippen LogP contribution < -0.4 is 0 Å². The summed E-state index contributed by atoms with van der Waals surface area (Å²) in [7, 11) is -3.03. The van der Waals surface area contributed by atoms with E-state index in [-0.39, 0.29) is 17.4 Å². The van der Waals surface area contributed by atoms with Gasteiger partial charge in [-0.05, 0) is 22.0 Å². The zero-order chi connectivity index (χ0) is 14.0. The molecule has 0 atom stereocenters. The number of hydrogen-bond acceptors (Lipinski definition) is 4. The number of rotatable bonds is 5. The lowest BCUT2D eigenvalue weighted by molar-refractivity contribution is 0.589. The van der Waals surface area contributed by atoms with Crippen LogP contribution in [0, 0.1) is 0 Å². The molecule has 2 aromatic rings. The molecule has 5 nitrogen and oxygen atoms in total. The van der Waals surface area contributed by atoms with Gasteiger partial charge in [-0.2, -0.15) is 0 Å². The van der Waals surface area contributed by atoms with E-state index in [1.54, 1.807) is 17.7 Å². The highest BCUT2D eigenvalue weighted by atomic mass is 79.9.